The zero-order valence-electron chi connectivity index (χ0n) is 12.2. The minimum atomic E-state index is 0.320. The second-order valence-electron chi connectivity index (χ2n) is 5.74. The summed E-state index contributed by atoms with van der Waals surface area (Å²) < 4.78 is 0. The number of aryl methyl sites for hydroxylation is 2. The molecule has 1 aliphatic carbocycles. The smallest absolute Gasteiger partial charge is 0.222 e. The van der Waals surface area contributed by atoms with Crippen molar-refractivity contribution < 1.29 is 4.79 Å². The lowest BCUT2D eigenvalue weighted by atomic mass is 10.2. The van der Waals surface area contributed by atoms with Crippen molar-refractivity contribution in [1.29, 1.82) is 0 Å². The number of hydrogen-bond donors (Lipinski definition) is 0. The van der Waals surface area contributed by atoms with Gasteiger partial charge in [0.2, 0.25) is 5.91 Å². The van der Waals surface area contributed by atoms with Crippen LogP contribution in [0.25, 0.3) is 0 Å². The van der Waals surface area contributed by atoms with Crippen molar-refractivity contribution in [1.82, 2.24) is 14.8 Å². The van der Waals surface area contributed by atoms with Gasteiger partial charge in [0.25, 0.3) is 0 Å². The molecular formula is C15H23N3OS. The number of hydrogen-bond acceptors (Lipinski definition) is 4. The quantitative estimate of drug-likeness (QED) is 0.853. The number of thiazole rings is 1. The molecule has 5 heteroatoms. The highest BCUT2D eigenvalue weighted by Crippen LogP contribution is 2.28. The Morgan fingerprint density at radius 3 is 2.75 bits per heavy atom. The van der Waals surface area contributed by atoms with Gasteiger partial charge in [0, 0.05) is 37.5 Å². The first-order chi connectivity index (χ1) is 9.76. The summed E-state index contributed by atoms with van der Waals surface area (Å²) in [6.07, 6.45) is 5.33. The van der Waals surface area contributed by atoms with Crippen molar-refractivity contribution in [2.24, 2.45) is 0 Å². The Labute approximate surface area is 124 Å². The molecule has 1 aromatic heterocycles. The van der Waals surface area contributed by atoms with E-state index in [0.29, 0.717) is 12.3 Å². The van der Waals surface area contributed by atoms with Crippen LogP contribution in [-0.2, 0) is 24.2 Å². The van der Waals surface area contributed by atoms with Gasteiger partial charge in [-0.05, 0) is 25.7 Å². The van der Waals surface area contributed by atoms with Gasteiger partial charge in [-0.15, -0.1) is 11.3 Å². The molecule has 0 saturated carbocycles. The van der Waals surface area contributed by atoms with E-state index >= 15 is 0 Å². The lowest BCUT2D eigenvalue weighted by molar-refractivity contribution is -0.133. The standard InChI is InChI=1S/C15H23N3OS/c1-2-4-15(19)18-9-7-17(8-10-18)11-14-16-12-5-3-6-13(12)20-14/h2-11H2,1H3. The molecule has 20 heavy (non-hydrogen) atoms. The molecule has 1 aromatic rings. The summed E-state index contributed by atoms with van der Waals surface area (Å²) in [5, 5.41) is 1.27. The minimum Gasteiger partial charge on any atom is -0.340 e. The van der Waals surface area contributed by atoms with Crippen LogP contribution in [0.2, 0.25) is 0 Å². The van der Waals surface area contributed by atoms with Crippen LogP contribution in [0.5, 0.6) is 0 Å². The zero-order valence-corrected chi connectivity index (χ0v) is 13.0. The van der Waals surface area contributed by atoms with Crippen LogP contribution >= 0.6 is 11.3 Å². The fourth-order valence-electron chi connectivity index (χ4n) is 3.03. The average molecular weight is 293 g/mol. The Hall–Kier alpha value is -0.940. The van der Waals surface area contributed by atoms with E-state index in [4.69, 9.17) is 4.98 Å². The van der Waals surface area contributed by atoms with Crippen molar-refractivity contribution in [2.45, 2.75) is 45.6 Å². The highest BCUT2D eigenvalue weighted by atomic mass is 32.1. The molecule has 0 N–H and O–H groups in total. The third-order valence-corrected chi connectivity index (χ3v) is 5.33. The van der Waals surface area contributed by atoms with E-state index in [2.05, 4.69) is 11.8 Å². The normalized spacial score (nSPS) is 19.4. The number of nitrogens with zero attached hydrogens (tertiary/aromatic N) is 3. The molecule has 0 atom stereocenters. The molecule has 110 valence electrons. The summed E-state index contributed by atoms with van der Waals surface area (Å²) in [6.45, 7) is 6.76. The van der Waals surface area contributed by atoms with Gasteiger partial charge in [-0.3, -0.25) is 9.69 Å². The van der Waals surface area contributed by atoms with E-state index in [0.717, 1.165) is 39.1 Å². The van der Waals surface area contributed by atoms with Gasteiger partial charge in [-0.25, -0.2) is 4.98 Å². The Kier molecular flexibility index (Phi) is 4.36. The largest absolute Gasteiger partial charge is 0.340 e. The number of rotatable bonds is 4. The zero-order chi connectivity index (χ0) is 13.9. The Morgan fingerprint density at radius 2 is 2.05 bits per heavy atom. The van der Waals surface area contributed by atoms with Gasteiger partial charge in [0.15, 0.2) is 0 Å². The summed E-state index contributed by atoms with van der Waals surface area (Å²) in [4.78, 5) is 22.6. The first-order valence-corrected chi connectivity index (χ1v) is 8.55. The second kappa shape index (κ2) is 6.22. The van der Waals surface area contributed by atoms with Crippen molar-refractivity contribution in [2.75, 3.05) is 26.2 Å². The third kappa shape index (κ3) is 3.04. The van der Waals surface area contributed by atoms with Gasteiger partial charge in [-0.1, -0.05) is 6.92 Å². The highest BCUT2D eigenvalue weighted by molar-refractivity contribution is 7.11. The molecule has 3 rings (SSSR count). The summed E-state index contributed by atoms with van der Waals surface area (Å²) >= 11 is 1.90. The van der Waals surface area contributed by atoms with Crippen LogP contribution in [0, 0.1) is 0 Å². The van der Waals surface area contributed by atoms with Crippen LogP contribution in [0.1, 0.15) is 41.8 Å². The van der Waals surface area contributed by atoms with Crippen molar-refractivity contribution in [3.63, 3.8) is 0 Å². The van der Waals surface area contributed by atoms with Crippen molar-refractivity contribution >= 4 is 17.2 Å². The summed E-state index contributed by atoms with van der Waals surface area (Å²) in [5.74, 6) is 0.320. The third-order valence-electron chi connectivity index (χ3n) is 4.19. The van der Waals surface area contributed by atoms with E-state index in [1.54, 1.807) is 0 Å². The molecule has 0 radical (unpaired) electrons. The first kappa shape index (κ1) is 14.0. The number of amides is 1. The van der Waals surface area contributed by atoms with Gasteiger partial charge >= 0.3 is 0 Å². The molecule has 0 spiro atoms. The number of aromatic nitrogens is 1. The second-order valence-corrected chi connectivity index (χ2v) is 6.91. The lowest BCUT2D eigenvalue weighted by Gasteiger charge is -2.34. The molecule has 2 aliphatic rings. The van der Waals surface area contributed by atoms with Gasteiger partial charge in [0.05, 0.1) is 12.2 Å². The topological polar surface area (TPSA) is 36.4 Å². The number of fused-ring (bicyclic) bond motifs is 1. The molecule has 4 nitrogen and oxygen atoms in total. The van der Waals surface area contributed by atoms with E-state index in [1.165, 1.54) is 34.8 Å². The average Bonchev–Trinajstić information content (AvgIpc) is 3.01. The number of piperazine rings is 1. The lowest BCUT2D eigenvalue weighted by Crippen LogP contribution is -2.48. The minimum absolute atomic E-state index is 0.320. The molecule has 0 aromatic carbocycles. The van der Waals surface area contributed by atoms with Gasteiger partial charge in [0.1, 0.15) is 5.01 Å². The molecule has 1 aliphatic heterocycles. The fraction of sp³-hybridized carbons (Fsp3) is 0.733. The molecule has 0 bridgehead atoms. The van der Waals surface area contributed by atoms with Crippen LogP contribution in [0.15, 0.2) is 0 Å². The number of carbonyl (C=O) groups excluding carboxylic acids is 1. The molecule has 1 amide bonds. The molecule has 2 heterocycles. The molecule has 0 unspecified atom stereocenters. The first-order valence-electron chi connectivity index (χ1n) is 7.74. The molecular weight excluding hydrogens is 270 g/mol. The van der Waals surface area contributed by atoms with Crippen molar-refractivity contribution in [3.8, 4) is 0 Å². The predicted octanol–water partition coefficient (Wildman–Crippen LogP) is 2.08. The van der Waals surface area contributed by atoms with E-state index in [-0.39, 0.29) is 0 Å². The predicted molar refractivity (Wildman–Crippen MR) is 80.9 cm³/mol. The van der Waals surface area contributed by atoms with Crippen LogP contribution in [0.4, 0.5) is 0 Å². The van der Waals surface area contributed by atoms with Crippen LogP contribution in [0.3, 0.4) is 0 Å². The maximum absolute atomic E-state index is 11.9. The Morgan fingerprint density at radius 1 is 1.25 bits per heavy atom. The molecule has 1 saturated heterocycles. The van der Waals surface area contributed by atoms with Gasteiger partial charge in [-0.2, -0.15) is 0 Å². The van der Waals surface area contributed by atoms with E-state index in [1.807, 2.05) is 16.2 Å². The van der Waals surface area contributed by atoms with Crippen LogP contribution in [-0.4, -0.2) is 46.9 Å². The molecule has 1 fully saturated rings. The van der Waals surface area contributed by atoms with Gasteiger partial charge < -0.3 is 4.90 Å². The number of carbonyl (C=O) groups is 1. The fourth-order valence-corrected chi connectivity index (χ4v) is 4.23. The SMILES string of the molecule is CCCC(=O)N1CCN(Cc2nc3c(s2)CCC3)CC1. The maximum Gasteiger partial charge on any atom is 0.222 e. The maximum atomic E-state index is 11.9. The Balaban J connectivity index is 1.49. The summed E-state index contributed by atoms with van der Waals surface area (Å²) in [7, 11) is 0. The van der Waals surface area contributed by atoms with E-state index in [9.17, 15) is 4.79 Å². The summed E-state index contributed by atoms with van der Waals surface area (Å²) in [6, 6.07) is 0. The van der Waals surface area contributed by atoms with Crippen molar-refractivity contribution in [3.05, 3.63) is 15.6 Å². The van der Waals surface area contributed by atoms with Crippen LogP contribution < -0.4 is 0 Å². The summed E-state index contributed by atoms with van der Waals surface area (Å²) in [5.41, 5.74) is 1.35. The van der Waals surface area contributed by atoms with E-state index < -0.39 is 0 Å². The Bertz CT molecular complexity index is 456. The monoisotopic (exact) mass is 293 g/mol. The highest BCUT2D eigenvalue weighted by Gasteiger charge is 2.22.